The molecule has 0 aromatic heterocycles. The molecule has 4 heteroatoms. The number of methoxy groups -OCH3 is 1. The lowest BCUT2D eigenvalue weighted by atomic mass is 9.99. The molecule has 110 valence electrons. The van der Waals surface area contributed by atoms with E-state index in [4.69, 9.17) is 9.47 Å². The molecule has 0 aliphatic heterocycles. The van der Waals surface area contributed by atoms with Gasteiger partial charge in [0.05, 0.1) is 24.8 Å². The molecule has 1 N–H and O–H groups in total. The first-order valence-electron chi connectivity index (χ1n) is 7.28. The summed E-state index contributed by atoms with van der Waals surface area (Å²) < 4.78 is 10.4. The van der Waals surface area contributed by atoms with Crippen molar-refractivity contribution < 1.29 is 14.3 Å². The van der Waals surface area contributed by atoms with Crippen molar-refractivity contribution in [3.63, 3.8) is 0 Å². The number of ether oxygens (including phenoxy) is 2. The Balaban J connectivity index is 2.75. The van der Waals surface area contributed by atoms with Gasteiger partial charge >= 0.3 is 5.97 Å². The van der Waals surface area contributed by atoms with E-state index in [1.165, 1.54) is 0 Å². The summed E-state index contributed by atoms with van der Waals surface area (Å²) in [6.45, 7) is 7.31. The molecular formula is C15H27NO3. The Morgan fingerprint density at radius 2 is 2.11 bits per heavy atom. The lowest BCUT2D eigenvalue weighted by Gasteiger charge is -2.26. The van der Waals surface area contributed by atoms with Crippen LogP contribution in [0.1, 0.15) is 46.5 Å². The second-order valence-electron chi connectivity index (χ2n) is 5.12. The van der Waals surface area contributed by atoms with E-state index >= 15 is 0 Å². The van der Waals surface area contributed by atoms with Crippen molar-refractivity contribution in [2.24, 2.45) is 5.92 Å². The number of nitrogens with one attached hydrogen (secondary N) is 1. The highest BCUT2D eigenvalue weighted by molar-refractivity contribution is 5.89. The van der Waals surface area contributed by atoms with E-state index in [2.05, 4.69) is 19.2 Å². The van der Waals surface area contributed by atoms with Crippen LogP contribution in [0.4, 0.5) is 0 Å². The number of allylic oxidation sites excluding steroid dienone is 1. The van der Waals surface area contributed by atoms with E-state index < -0.39 is 0 Å². The van der Waals surface area contributed by atoms with Gasteiger partial charge in [-0.05, 0) is 32.1 Å². The third kappa shape index (κ3) is 4.53. The van der Waals surface area contributed by atoms with Gasteiger partial charge in [0.25, 0.3) is 0 Å². The van der Waals surface area contributed by atoms with Crippen LogP contribution in [0.15, 0.2) is 11.3 Å². The zero-order valence-electron chi connectivity index (χ0n) is 12.6. The van der Waals surface area contributed by atoms with Gasteiger partial charge in [-0.15, -0.1) is 0 Å². The van der Waals surface area contributed by atoms with Crippen LogP contribution in [-0.2, 0) is 14.3 Å². The number of hydrogen-bond acceptors (Lipinski definition) is 4. The first-order chi connectivity index (χ1) is 9.13. The van der Waals surface area contributed by atoms with Crippen LogP contribution in [-0.4, -0.2) is 32.3 Å². The number of carbonyl (C=O) groups excluding carboxylic acids is 1. The molecule has 0 fully saturated rings. The van der Waals surface area contributed by atoms with Crippen molar-refractivity contribution in [1.82, 2.24) is 5.32 Å². The van der Waals surface area contributed by atoms with Crippen molar-refractivity contribution >= 4 is 5.97 Å². The van der Waals surface area contributed by atoms with Gasteiger partial charge in [-0.1, -0.05) is 20.3 Å². The second kappa shape index (κ2) is 8.20. The van der Waals surface area contributed by atoms with Gasteiger partial charge in [0, 0.05) is 12.8 Å². The molecule has 1 aliphatic rings. The Morgan fingerprint density at radius 3 is 2.68 bits per heavy atom. The maximum atomic E-state index is 11.9. The summed E-state index contributed by atoms with van der Waals surface area (Å²) >= 11 is 0. The first kappa shape index (κ1) is 16.0. The Morgan fingerprint density at radius 1 is 1.37 bits per heavy atom. The fourth-order valence-electron chi connectivity index (χ4n) is 2.38. The van der Waals surface area contributed by atoms with Gasteiger partial charge in [-0.2, -0.15) is 0 Å². The maximum absolute atomic E-state index is 11.9. The molecule has 0 aromatic carbocycles. The summed E-state index contributed by atoms with van der Waals surface area (Å²) in [6.07, 6.45) is 3.87. The van der Waals surface area contributed by atoms with Crippen molar-refractivity contribution in [1.29, 1.82) is 0 Å². The van der Waals surface area contributed by atoms with Gasteiger partial charge in [-0.25, -0.2) is 4.79 Å². The highest BCUT2D eigenvalue weighted by Gasteiger charge is 2.25. The SMILES string of the molecule is CCOC(=O)C1=C(N[C@H](COC)[C@@H](C)CC)CCC1. The largest absolute Gasteiger partial charge is 0.463 e. The predicted octanol–water partition coefficient (Wildman–Crippen LogP) is 2.64. The van der Waals surface area contributed by atoms with E-state index in [0.717, 1.165) is 37.0 Å². The zero-order chi connectivity index (χ0) is 14.3. The third-order valence-corrected chi connectivity index (χ3v) is 3.78. The molecule has 1 rings (SSSR count). The minimum atomic E-state index is -0.164. The molecule has 0 saturated carbocycles. The molecule has 2 atom stereocenters. The maximum Gasteiger partial charge on any atom is 0.335 e. The summed E-state index contributed by atoms with van der Waals surface area (Å²) in [7, 11) is 1.71. The molecule has 0 heterocycles. The minimum Gasteiger partial charge on any atom is -0.463 e. The van der Waals surface area contributed by atoms with Crippen molar-refractivity contribution in [2.75, 3.05) is 20.3 Å². The molecule has 4 nitrogen and oxygen atoms in total. The van der Waals surface area contributed by atoms with Gasteiger partial charge in [0.1, 0.15) is 0 Å². The van der Waals surface area contributed by atoms with Crippen molar-refractivity contribution in [3.8, 4) is 0 Å². The van der Waals surface area contributed by atoms with Crippen LogP contribution in [0.3, 0.4) is 0 Å². The highest BCUT2D eigenvalue weighted by Crippen LogP contribution is 2.26. The van der Waals surface area contributed by atoms with E-state index in [-0.39, 0.29) is 12.0 Å². The Kier molecular flexibility index (Phi) is 6.92. The van der Waals surface area contributed by atoms with Crippen molar-refractivity contribution in [2.45, 2.75) is 52.5 Å². The molecule has 0 bridgehead atoms. The van der Waals surface area contributed by atoms with Gasteiger partial charge in [0.2, 0.25) is 0 Å². The molecule has 19 heavy (non-hydrogen) atoms. The summed E-state index contributed by atoms with van der Waals surface area (Å²) in [5.41, 5.74) is 1.88. The van der Waals surface area contributed by atoms with Crippen LogP contribution >= 0.6 is 0 Å². The molecule has 0 unspecified atom stereocenters. The lowest BCUT2D eigenvalue weighted by Crippen LogP contribution is -2.38. The Labute approximate surface area is 116 Å². The number of hydrogen-bond donors (Lipinski definition) is 1. The van der Waals surface area contributed by atoms with Gasteiger partial charge in [0.15, 0.2) is 0 Å². The van der Waals surface area contributed by atoms with E-state index in [1.807, 2.05) is 6.92 Å². The van der Waals surface area contributed by atoms with Crippen molar-refractivity contribution in [3.05, 3.63) is 11.3 Å². The summed E-state index contributed by atoms with van der Waals surface area (Å²) in [5.74, 6) is 0.347. The minimum absolute atomic E-state index is 0.164. The predicted molar refractivity (Wildman–Crippen MR) is 75.8 cm³/mol. The molecule has 0 radical (unpaired) electrons. The van der Waals surface area contributed by atoms with Crippen LogP contribution < -0.4 is 5.32 Å². The second-order valence-corrected chi connectivity index (χ2v) is 5.12. The van der Waals surface area contributed by atoms with Crippen LogP contribution in [0.5, 0.6) is 0 Å². The van der Waals surface area contributed by atoms with Gasteiger partial charge < -0.3 is 14.8 Å². The van der Waals surface area contributed by atoms with E-state index in [0.29, 0.717) is 19.1 Å². The van der Waals surface area contributed by atoms with Crippen LogP contribution in [0.25, 0.3) is 0 Å². The monoisotopic (exact) mass is 269 g/mol. The standard InChI is InChI=1S/C15H27NO3/c1-5-11(3)14(10-18-4)16-13-9-7-8-12(13)15(17)19-6-2/h11,14,16H,5-10H2,1-4H3/t11-,14+/m0/s1. The number of carbonyl (C=O) groups is 1. The summed E-state index contributed by atoms with van der Waals surface area (Å²) in [6, 6.07) is 0.257. The molecule has 0 saturated heterocycles. The first-order valence-corrected chi connectivity index (χ1v) is 7.28. The Bertz CT molecular complexity index is 325. The molecule has 0 amide bonds. The topological polar surface area (TPSA) is 47.6 Å². The summed E-state index contributed by atoms with van der Waals surface area (Å²) in [5, 5.41) is 3.51. The van der Waals surface area contributed by atoms with Crippen LogP contribution in [0, 0.1) is 5.92 Å². The normalized spacial score (nSPS) is 18.3. The van der Waals surface area contributed by atoms with E-state index in [9.17, 15) is 4.79 Å². The molecular weight excluding hydrogens is 242 g/mol. The average Bonchev–Trinajstić information content (AvgIpc) is 2.86. The molecule has 0 spiro atoms. The third-order valence-electron chi connectivity index (χ3n) is 3.78. The number of rotatable bonds is 8. The quantitative estimate of drug-likeness (QED) is 0.688. The fourth-order valence-corrected chi connectivity index (χ4v) is 2.38. The summed E-state index contributed by atoms with van der Waals surface area (Å²) in [4.78, 5) is 11.9. The highest BCUT2D eigenvalue weighted by atomic mass is 16.5. The molecule has 0 aromatic rings. The zero-order valence-corrected chi connectivity index (χ0v) is 12.6. The lowest BCUT2D eigenvalue weighted by molar-refractivity contribution is -0.138. The van der Waals surface area contributed by atoms with Gasteiger partial charge in [-0.3, -0.25) is 0 Å². The average molecular weight is 269 g/mol. The Hall–Kier alpha value is -1.03. The van der Waals surface area contributed by atoms with Crippen LogP contribution in [0.2, 0.25) is 0 Å². The smallest absolute Gasteiger partial charge is 0.335 e. The molecule has 1 aliphatic carbocycles. The number of esters is 1. The van der Waals surface area contributed by atoms with E-state index in [1.54, 1.807) is 7.11 Å². The fraction of sp³-hybridized carbons (Fsp3) is 0.800.